The molecule has 0 radical (unpaired) electrons. The van der Waals surface area contributed by atoms with E-state index in [1.807, 2.05) is 24.3 Å². The van der Waals surface area contributed by atoms with Crippen molar-refractivity contribution in [2.45, 2.75) is 44.7 Å². The van der Waals surface area contributed by atoms with Crippen molar-refractivity contribution in [1.29, 1.82) is 0 Å². The standard InChI is InChI=1S/C19H27ClN2OS/c20-17-3-1-2-16(12-17)13-21-19(23)5-4-15-6-9-22(10-7-15)18-8-11-24-14-18/h1-3,12,15,18H,4-11,13-14H2,(H,21,23). The average molecular weight is 367 g/mol. The van der Waals surface area contributed by atoms with Gasteiger partial charge in [-0.3, -0.25) is 9.69 Å². The molecule has 1 N–H and O–H groups in total. The lowest BCUT2D eigenvalue weighted by Crippen LogP contribution is -2.41. The van der Waals surface area contributed by atoms with E-state index in [1.54, 1.807) is 0 Å². The fraction of sp³-hybridized carbons (Fsp3) is 0.632. The van der Waals surface area contributed by atoms with Crippen molar-refractivity contribution >= 4 is 29.3 Å². The zero-order valence-electron chi connectivity index (χ0n) is 14.2. The summed E-state index contributed by atoms with van der Waals surface area (Å²) in [7, 11) is 0. The lowest BCUT2D eigenvalue weighted by atomic mass is 9.91. The molecule has 3 rings (SSSR count). The largest absolute Gasteiger partial charge is 0.352 e. The van der Waals surface area contributed by atoms with Crippen molar-refractivity contribution in [2.75, 3.05) is 24.6 Å². The van der Waals surface area contributed by atoms with E-state index >= 15 is 0 Å². The summed E-state index contributed by atoms with van der Waals surface area (Å²) >= 11 is 8.06. The molecule has 5 heteroatoms. The van der Waals surface area contributed by atoms with Gasteiger partial charge in [0.05, 0.1) is 0 Å². The summed E-state index contributed by atoms with van der Waals surface area (Å²) in [6.45, 7) is 3.01. The molecule has 1 amide bonds. The van der Waals surface area contributed by atoms with Crippen molar-refractivity contribution < 1.29 is 4.79 Å². The Kier molecular flexibility index (Phi) is 6.87. The van der Waals surface area contributed by atoms with E-state index in [9.17, 15) is 4.79 Å². The number of piperidine rings is 1. The first kappa shape index (κ1) is 18.1. The predicted molar refractivity (Wildman–Crippen MR) is 103 cm³/mol. The number of hydrogen-bond donors (Lipinski definition) is 1. The summed E-state index contributed by atoms with van der Waals surface area (Å²) in [6, 6.07) is 8.48. The van der Waals surface area contributed by atoms with Gasteiger partial charge >= 0.3 is 0 Å². The Morgan fingerprint density at radius 3 is 2.83 bits per heavy atom. The molecule has 0 aliphatic carbocycles. The maximum atomic E-state index is 12.1. The Labute approximate surface area is 154 Å². The zero-order valence-corrected chi connectivity index (χ0v) is 15.7. The van der Waals surface area contributed by atoms with Crippen molar-refractivity contribution in [1.82, 2.24) is 10.2 Å². The molecule has 0 spiro atoms. The van der Waals surface area contributed by atoms with Gasteiger partial charge in [-0.2, -0.15) is 11.8 Å². The predicted octanol–water partition coefficient (Wildman–Crippen LogP) is 3.95. The molecule has 2 saturated heterocycles. The van der Waals surface area contributed by atoms with Gasteiger partial charge in [-0.05, 0) is 68.1 Å². The third-order valence-corrected chi connectivity index (χ3v) is 6.61. The lowest BCUT2D eigenvalue weighted by Gasteiger charge is -2.35. The fourth-order valence-electron chi connectivity index (χ4n) is 3.69. The smallest absolute Gasteiger partial charge is 0.220 e. The minimum atomic E-state index is 0.157. The zero-order chi connectivity index (χ0) is 16.8. The van der Waals surface area contributed by atoms with Gasteiger partial charge in [-0.15, -0.1) is 0 Å². The van der Waals surface area contributed by atoms with E-state index in [-0.39, 0.29) is 5.91 Å². The average Bonchev–Trinajstić information content (AvgIpc) is 3.13. The van der Waals surface area contributed by atoms with Crippen LogP contribution in [0.4, 0.5) is 0 Å². The molecular formula is C19H27ClN2OS. The molecule has 2 heterocycles. The summed E-state index contributed by atoms with van der Waals surface area (Å²) in [5, 5.41) is 3.73. The Morgan fingerprint density at radius 1 is 1.29 bits per heavy atom. The highest BCUT2D eigenvalue weighted by molar-refractivity contribution is 7.99. The van der Waals surface area contributed by atoms with Crippen molar-refractivity contribution in [3.05, 3.63) is 34.9 Å². The third kappa shape index (κ3) is 5.40. The molecule has 2 aliphatic heterocycles. The van der Waals surface area contributed by atoms with Gasteiger partial charge in [0.15, 0.2) is 0 Å². The molecule has 1 aromatic carbocycles. The summed E-state index contributed by atoms with van der Waals surface area (Å²) < 4.78 is 0. The number of amides is 1. The van der Waals surface area contributed by atoms with Crippen LogP contribution in [0.5, 0.6) is 0 Å². The number of halogens is 1. The molecule has 24 heavy (non-hydrogen) atoms. The molecule has 1 atom stereocenters. The SMILES string of the molecule is O=C(CCC1CCN(C2CCSC2)CC1)NCc1cccc(Cl)c1. The number of carbonyl (C=O) groups is 1. The first-order chi connectivity index (χ1) is 11.7. The summed E-state index contributed by atoms with van der Waals surface area (Å²) in [6.07, 6.45) is 5.53. The number of likely N-dealkylation sites (tertiary alicyclic amines) is 1. The Morgan fingerprint density at radius 2 is 2.12 bits per heavy atom. The van der Waals surface area contributed by atoms with Gasteiger partial charge in [0.2, 0.25) is 5.91 Å². The highest BCUT2D eigenvalue weighted by Gasteiger charge is 2.27. The van der Waals surface area contributed by atoms with E-state index in [4.69, 9.17) is 11.6 Å². The topological polar surface area (TPSA) is 32.3 Å². The minimum absolute atomic E-state index is 0.157. The molecular weight excluding hydrogens is 340 g/mol. The molecule has 3 nitrogen and oxygen atoms in total. The number of thioether (sulfide) groups is 1. The van der Waals surface area contributed by atoms with E-state index in [0.29, 0.717) is 23.9 Å². The second-order valence-corrected chi connectivity index (χ2v) is 8.53. The first-order valence-corrected chi connectivity index (χ1v) is 10.6. The number of rotatable bonds is 6. The Hall–Kier alpha value is -0.710. The number of hydrogen-bond acceptors (Lipinski definition) is 3. The van der Waals surface area contributed by atoms with E-state index < -0.39 is 0 Å². The van der Waals surface area contributed by atoms with Crippen molar-refractivity contribution in [3.63, 3.8) is 0 Å². The van der Waals surface area contributed by atoms with E-state index in [0.717, 1.165) is 18.0 Å². The fourth-order valence-corrected chi connectivity index (χ4v) is 5.16. The van der Waals surface area contributed by atoms with E-state index in [2.05, 4.69) is 22.0 Å². The van der Waals surface area contributed by atoms with Crippen LogP contribution in [0.3, 0.4) is 0 Å². The van der Waals surface area contributed by atoms with Crippen LogP contribution < -0.4 is 5.32 Å². The minimum Gasteiger partial charge on any atom is -0.352 e. The number of nitrogens with one attached hydrogen (secondary N) is 1. The van der Waals surface area contributed by atoms with Crippen LogP contribution in [0.1, 0.15) is 37.7 Å². The Bertz CT molecular complexity index is 540. The molecule has 132 valence electrons. The molecule has 2 aliphatic rings. The van der Waals surface area contributed by atoms with Gasteiger partial charge in [-0.25, -0.2) is 0 Å². The monoisotopic (exact) mass is 366 g/mol. The second-order valence-electron chi connectivity index (χ2n) is 6.94. The summed E-state index contributed by atoms with van der Waals surface area (Å²) in [5.41, 5.74) is 1.05. The quantitative estimate of drug-likeness (QED) is 0.827. The van der Waals surface area contributed by atoms with Gasteiger partial charge in [-0.1, -0.05) is 23.7 Å². The van der Waals surface area contributed by atoms with Gasteiger partial charge in [0.25, 0.3) is 0 Å². The van der Waals surface area contributed by atoms with Crippen LogP contribution >= 0.6 is 23.4 Å². The van der Waals surface area contributed by atoms with E-state index in [1.165, 1.54) is 43.9 Å². The molecule has 1 aromatic rings. The first-order valence-electron chi connectivity index (χ1n) is 9.03. The maximum absolute atomic E-state index is 12.1. The van der Waals surface area contributed by atoms with Crippen molar-refractivity contribution in [2.24, 2.45) is 5.92 Å². The summed E-state index contributed by atoms with van der Waals surface area (Å²) in [5.74, 6) is 3.52. The Balaban J connectivity index is 1.32. The van der Waals surface area contributed by atoms with Crippen LogP contribution in [0.2, 0.25) is 5.02 Å². The van der Waals surface area contributed by atoms with Gasteiger partial charge < -0.3 is 5.32 Å². The molecule has 0 bridgehead atoms. The molecule has 0 aromatic heterocycles. The van der Waals surface area contributed by atoms with Crippen LogP contribution in [0.15, 0.2) is 24.3 Å². The molecule has 1 unspecified atom stereocenters. The van der Waals surface area contributed by atoms with Crippen LogP contribution in [0, 0.1) is 5.92 Å². The normalized spacial score (nSPS) is 22.6. The second kappa shape index (κ2) is 9.12. The number of benzene rings is 1. The molecule has 0 saturated carbocycles. The lowest BCUT2D eigenvalue weighted by molar-refractivity contribution is -0.121. The van der Waals surface area contributed by atoms with Crippen LogP contribution in [0.25, 0.3) is 0 Å². The van der Waals surface area contributed by atoms with Gasteiger partial charge in [0.1, 0.15) is 0 Å². The van der Waals surface area contributed by atoms with Crippen LogP contribution in [-0.2, 0) is 11.3 Å². The highest BCUT2D eigenvalue weighted by Crippen LogP contribution is 2.28. The van der Waals surface area contributed by atoms with Gasteiger partial charge in [0, 0.05) is 29.8 Å². The maximum Gasteiger partial charge on any atom is 0.220 e. The highest BCUT2D eigenvalue weighted by atomic mass is 35.5. The third-order valence-electron chi connectivity index (χ3n) is 5.23. The molecule has 2 fully saturated rings. The number of nitrogens with zero attached hydrogens (tertiary/aromatic N) is 1. The van der Waals surface area contributed by atoms with Crippen LogP contribution in [-0.4, -0.2) is 41.4 Å². The summed E-state index contributed by atoms with van der Waals surface area (Å²) in [4.78, 5) is 14.7. The number of carbonyl (C=O) groups excluding carboxylic acids is 1. The van der Waals surface area contributed by atoms with Crippen molar-refractivity contribution in [3.8, 4) is 0 Å².